The average Bonchev–Trinajstić information content (AvgIpc) is 2.61. The number of nitrogens with one attached hydrogen (secondary N) is 1. The SMILES string of the molecule is CC.CC(=O)COCCOCCNC(=O)CCCCCCCCCN. The molecular weight excluding hydrogens is 320 g/mol. The van der Waals surface area contributed by atoms with Gasteiger partial charge in [-0.1, -0.05) is 46.0 Å². The molecule has 6 nitrogen and oxygen atoms in total. The number of ketones is 1. The van der Waals surface area contributed by atoms with Gasteiger partial charge in [-0.15, -0.1) is 0 Å². The molecule has 6 heteroatoms. The molecule has 0 fully saturated rings. The van der Waals surface area contributed by atoms with Crippen molar-refractivity contribution in [3.63, 3.8) is 0 Å². The number of Topliss-reactive ketones (excluding diaryl/α,β-unsaturated/α-hetero) is 1. The van der Waals surface area contributed by atoms with Crippen LogP contribution in [0.5, 0.6) is 0 Å². The molecule has 0 spiro atoms. The predicted octanol–water partition coefficient (Wildman–Crippen LogP) is 2.83. The fourth-order valence-electron chi connectivity index (χ4n) is 2.10. The van der Waals surface area contributed by atoms with E-state index in [2.05, 4.69) is 5.32 Å². The predicted molar refractivity (Wildman–Crippen MR) is 103 cm³/mol. The van der Waals surface area contributed by atoms with Crippen LogP contribution in [-0.2, 0) is 19.1 Å². The van der Waals surface area contributed by atoms with Gasteiger partial charge >= 0.3 is 0 Å². The van der Waals surface area contributed by atoms with Crippen LogP contribution in [0.4, 0.5) is 0 Å². The summed E-state index contributed by atoms with van der Waals surface area (Å²) in [6.45, 7) is 8.23. The van der Waals surface area contributed by atoms with Gasteiger partial charge in [0.05, 0.1) is 19.8 Å². The number of amides is 1. The van der Waals surface area contributed by atoms with Crippen molar-refractivity contribution in [3.8, 4) is 0 Å². The van der Waals surface area contributed by atoms with E-state index >= 15 is 0 Å². The fourth-order valence-corrected chi connectivity index (χ4v) is 2.10. The van der Waals surface area contributed by atoms with Crippen molar-refractivity contribution in [2.45, 2.75) is 72.1 Å². The van der Waals surface area contributed by atoms with Crippen LogP contribution in [0, 0.1) is 0 Å². The summed E-state index contributed by atoms with van der Waals surface area (Å²) in [4.78, 5) is 22.2. The zero-order valence-corrected chi connectivity index (χ0v) is 16.6. The number of ether oxygens (including phenoxy) is 2. The molecule has 0 aromatic carbocycles. The Bertz CT molecular complexity index is 299. The Balaban J connectivity index is 0. The molecule has 0 aliphatic heterocycles. The lowest BCUT2D eigenvalue weighted by atomic mass is 10.1. The lowest BCUT2D eigenvalue weighted by Crippen LogP contribution is -2.27. The number of unbranched alkanes of at least 4 members (excludes halogenated alkanes) is 6. The van der Waals surface area contributed by atoms with Crippen LogP contribution in [0.3, 0.4) is 0 Å². The van der Waals surface area contributed by atoms with E-state index in [0.717, 1.165) is 25.8 Å². The van der Waals surface area contributed by atoms with Crippen LogP contribution in [0.1, 0.15) is 72.1 Å². The van der Waals surface area contributed by atoms with E-state index in [9.17, 15) is 9.59 Å². The topological polar surface area (TPSA) is 90.6 Å². The molecule has 3 N–H and O–H groups in total. The van der Waals surface area contributed by atoms with Gasteiger partial charge in [0, 0.05) is 13.0 Å². The molecule has 0 saturated heterocycles. The molecule has 0 heterocycles. The van der Waals surface area contributed by atoms with Crippen LogP contribution in [0.25, 0.3) is 0 Å². The lowest BCUT2D eigenvalue weighted by Gasteiger charge is -2.07. The number of rotatable bonds is 17. The van der Waals surface area contributed by atoms with E-state index < -0.39 is 0 Å². The highest BCUT2D eigenvalue weighted by Crippen LogP contribution is 2.08. The summed E-state index contributed by atoms with van der Waals surface area (Å²) in [5.41, 5.74) is 5.44. The largest absolute Gasteiger partial charge is 0.377 e. The summed E-state index contributed by atoms with van der Waals surface area (Å²) in [7, 11) is 0. The Labute approximate surface area is 154 Å². The van der Waals surface area contributed by atoms with Crippen molar-refractivity contribution in [3.05, 3.63) is 0 Å². The molecule has 1 amide bonds. The number of hydrogen-bond donors (Lipinski definition) is 2. The van der Waals surface area contributed by atoms with Gasteiger partial charge in [0.15, 0.2) is 5.78 Å². The van der Waals surface area contributed by atoms with Gasteiger partial charge in [-0.05, 0) is 26.3 Å². The van der Waals surface area contributed by atoms with Gasteiger partial charge in [0.25, 0.3) is 0 Å². The maximum absolute atomic E-state index is 11.6. The number of hydrogen-bond acceptors (Lipinski definition) is 5. The Kier molecular flexibility index (Phi) is 24.2. The summed E-state index contributed by atoms with van der Waals surface area (Å²) in [6, 6.07) is 0. The van der Waals surface area contributed by atoms with Crippen molar-refractivity contribution in [2.75, 3.05) is 39.5 Å². The van der Waals surface area contributed by atoms with Crippen molar-refractivity contribution < 1.29 is 19.1 Å². The number of carbonyl (C=O) groups is 2. The van der Waals surface area contributed by atoms with Crippen LogP contribution in [0.2, 0.25) is 0 Å². The second-order valence-corrected chi connectivity index (χ2v) is 5.73. The van der Waals surface area contributed by atoms with E-state index in [-0.39, 0.29) is 18.3 Å². The first-order valence-corrected chi connectivity index (χ1v) is 9.78. The Morgan fingerprint density at radius 2 is 1.40 bits per heavy atom. The van der Waals surface area contributed by atoms with Crippen molar-refractivity contribution in [1.82, 2.24) is 5.32 Å². The maximum atomic E-state index is 11.6. The molecule has 0 atom stereocenters. The smallest absolute Gasteiger partial charge is 0.220 e. The van der Waals surface area contributed by atoms with Crippen molar-refractivity contribution in [2.24, 2.45) is 5.73 Å². The Morgan fingerprint density at radius 3 is 2.00 bits per heavy atom. The zero-order chi connectivity index (χ0) is 19.2. The summed E-state index contributed by atoms with van der Waals surface area (Å²) in [5.74, 6) is 0.0948. The zero-order valence-electron chi connectivity index (χ0n) is 16.6. The summed E-state index contributed by atoms with van der Waals surface area (Å²) in [5, 5.41) is 2.84. The molecule has 0 bridgehead atoms. The minimum Gasteiger partial charge on any atom is -0.377 e. The van der Waals surface area contributed by atoms with Crippen LogP contribution >= 0.6 is 0 Å². The Morgan fingerprint density at radius 1 is 0.840 bits per heavy atom. The third-order valence-electron chi connectivity index (χ3n) is 3.35. The van der Waals surface area contributed by atoms with E-state index in [4.69, 9.17) is 15.2 Å². The highest BCUT2D eigenvalue weighted by Gasteiger charge is 2.00. The summed E-state index contributed by atoms with van der Waals surface area (Å²) >= 11 is 0. The fraction of sp³-hybridized carbons (Fsp3) is 0.895. The van der Waals surface area contributed by atoms with Crippen LogP contribution in [0.15, 0.2) is 0 Å². The normalized spacial score (nSPS) is 10.1. The first-order valence-electron chi connectivity index (χ1n) is 9.78. The highest BCUT2D eigenvalue weighted by molar-refractivity contribution is 5.76. The van der Waals surface area contributed by atoms with Crippen LogP contribution in [-0.4, -0.2) is 51.2 Å². The van der Waals surface area contributed by atoms with Gasteiger partial charge in [0.2, 0.25) is 5.91 Å². The third kappa shape index (κ3) is 25.4. The maximum Gasteiger partial charge on any atom is 0.220 e. The highest BCUT2D eigenvalue weighted by atomic mass is 16.5. The van der Waals surface area contributed by atoms with Crippen molar-refractivity contribution >= 4 is 11.7 Å². The lowest BCUT2D eigenvalue weighted by molar-refractivity contribution is -0.123. The summed E-state index contributed by atoms with van der Waals surface area (Å²) < 4.78 is 10.4. The minimum atomic E-state index is 0.00724. The molecule has 0 aliphatic rings. The second kappa shape index (κ2) is 23.0. The molecule has 0 radical (unpaired) electrons. The Hall–Kier alpha value is -0.980. The molecule has 0 aromatic heterocycles. The molecule has 150 valence electrons. The summed E-state index contributed by atoms with van der Waals surface area (Å²) in [6.07, 6.45) is 8.66. The molecular formula is C19H40N2O4. The minimum absolute atomic E-state index is 0.00724. The van der Waals surface area contributed by atoms with E-state index in [0.29, 0.717) is 32.8 Å². The molecule has 0 aliphatic carbocycles. The monoisotopic (exact) mass is 360 g/mol. The molecule has 25 heavy (non-hydrogen) atoms. The molecule has 0 unspecified atom stereocenters. The van der Waals surface area contributed by atoms with Gasteiger partial charge < -0.3 is 20.5 Å². The van der Waals surface area contributed by atoms with E-state index in [1.54, 1.807) is 0 Å². The standard InChI is InChI=1S/C17H34N2O4.C2H6/c1-16(20)15-23-14-13-22-12-11-19-17(21)9-7-5-3-2-4-6-8-10-18;1-2/h2-15,18H2,1H3,(H,19,21);1-2H3. The van der Waals surface area contributed by atoms with Crippen molar-refractivity contribution in [1.29, 1.82) is 0 Å². The molecule has 0 rings (SSSR count). The van der Waals surface area contributed by atoms with Gasteiger partial charge in [-0.25, -0.2) is 0 Å². The average molecular weight is 361 g/mol. The van der Waals surface area contributed by atoms with E-state index in [1.165, 1.54) is 32.6 Å². The number of nitrogens with two attached hydrogens (primary N) is 1. The quantitative estimate of drug-likeness (QED) is 0.389. The molecule has 0 saturated carbocycles. The first-order chi connectivity index (χ1) is 12.2. The third-order valence-corrected chi connectivity index (χ3v) is 3.35. The number of carbonyl (C=O) groups excluding carboxylic acids is 2. The van der Waals surface area contributed by atoms with Crippen LogP contribution < -0.4 is 11.1 Å². The van der Waals surface area contributed by atoms with Gasteiger partial charge in [-0.2, -0.15) is 0 Å². The van der Waals surface area contributed by atoms with Gasteiger partial charge in [-0.3, -0.25) is 9.59 Å². The molecule has 0 aromatic rings. The van der Waals surface area contributed by atoms with Gasteiger partial charge in [0.1, 0.15) is 6.61 Å². The van der Waals surface area contributed by atoms with E-state index in [1.807, 2.05) is 13.8 Å². The second-order valence-electron chi connectivity index (χ2n) is 5.73. The first kappa shape index (κ1) is 26.3.